The highest BCUT2D eigenvalue weighted by atomic mass is 16.6. The summed E-state index contributed by atoms with van der Waals surface area (Å²) in [5.74, 6) is -0.373. The topological polar surface area (TPSA) is 106 Å². The van der Waals surface area contributed by atoms with E-state index in [1.165, 1.54) is 27.2 Å². The number of ether oxygens (including phenoxy) is 2. The van der Waals surface area contributed by atoms with Crippen molar-refractivity contribution >= 4 is 29.7 Å². The van der Waals surface area contributed by atoms with Gasteiger partial charge in [-0.3, -0.25) is 14.4 Å². The SMILES string of the molecule is COc1cc(/C=N/NC(=O)c2ccc(NC(C)=O)cc2)ccc1OC(C)=O. The van der Waals surface area contributed by atoms with Crippen LogP contribution in [0.1, 0.15) is 29.8 Å². The number of hydrogen-bond acceptors (Lipinski definition) is 6. The van der Waals surface area contributed by atoms with Crippen molar-refractivity contribution in [3.63, 3.8) is 0 Å². The van der Waals surface area contributed by atoms with Gasteiger partial charge in [0.25, 0.3) is 5.91 Å². The molecule has 0 fully saturated rings. The highest BCUT2D eigenvalue weighted by Crippen LogP contribution is 2.27. The molecule has 2 aromatic carbocycles. The van der Waals surface area contributed by atoms with Gasteiger partial charge in [-0.05, 0) is 48.0 Å². The first-order chi connectivity index (χ1) is 12.9. The van der Waals surface area contributed by atoms with Crippen molar-refractivity contribution in [2.75, 3.05) is 12.4 Å². The normalized spacial score (nSPS) is 10.3. The van der Waals surface area contributed by atoms with Crippen LogP contribution in [-0.2, 0) is 9.59 Å². The van der Waals surface area contributed by atoms with Crippen LogP contribution < -0.4 is 20.2 Å². The number of carbonyl (C=O) groups excluding carboxylic acids is 3. The maximum Gasteiger partial charge on any atom is 0.308 e. The third kappa shape index (κ3) is 5.96. The Morgan fingerprint density at radius 2 is 1.70 bits per heavy atom. The van der Waals surface area contributed by atoms with Gasteiger partial charge in [0.05, 0.1) is 13.3 Å². The second-order valence-corrected chi connectivity index (χ2v) is 5.46. The summed E-state index contributed by atoms with van der Waals surface area (Å²) in [4.78, 5) is 34.1. The third-order valence-electron chi connectivity index (χ3n) is 3.29. The van der Waals surface area contributed by atoms with Crippen molar-refractivity contribution in [3.05, 3.63) is 53.6 Å². The molecule has 0 saturated carbocycles. The highest BCUT2D eigenvalue weighted by Gasteiger charge is 2.08. The van der Waals surface area contributed by atoms with Crippen molar-refractivity contribution in [1.82, 2.24) is 5.43 Å². The van der Waals surface area contributed by atoms with Crippen molar-refractivity contribution in [1.29, 1.82) is 0 Å². The molecule has 0 atom stereocenters. The Bertz CT molecular complexity index is 875. The van der Waals surface area contributed by atoms with E-state index in [0.717, 1.165) is 0 Å². The van der Waals surface area contributed by atoms with Gasteiger partial charge in [0.1, 0.15) is 0 Å². The molecular weight excluding hydrogens is 350 g/mol. The van der Waals surface area contributed by atoms with E-state index in [1.54, 1.807) is 42.5 Å². The molecule has 0 aliphatic carbocycles. The van der Waals surface area contributed by atoms with Crippen molar-refractivity contribution in [3.8, 4) is 11.5 Å². The monoisotopic (exact) mass is 369 g/mol. The first-order valence-electron chi connectivity index (χ1n) is 7.96. The van der Waals surface area contributed by atoms with Crippen LogP contribution >= 0.6 is 0 Å². The molecule has 0 aliphatic rings. The third-order valence-corrected chi connectivity index (χ3v) is 3.29. The summed E-state index contributed by atoms with van der Waals surface area (Å²) in [6, 6.07) is 11.3. The lowest BCUT2D eigenvalue weighted by atomic mass is 10.2. The van der Waals surface area contributed by atoms with Crippen molar-refractivity contribution < 1.29 is 23.9 Å². The standard InChI is InChI=1S/C19H19N3O5/c1-12(23)21-16-7-5-15(6-8-16)19(25)22-20-11-14-4-9-17(27-13(2)24)18(10-14)26-3/h4-11H,1-3H3,(H,21,23)(H,22,25)/b20-11+. The van der Waals surface area contributed by atoms with Gasteiger partial charge in [-0.25, -0.2) is 5.43 Å². The molecule has 2 amide bonds. The van der Waals surface area contributed by atoms with E-state index >= 15 is 0 Å². The van der Waals surface area contributed by atoms with Crippen LogP contribution in [0.3, 0.4) is 0 Å². The maximum absolute atomic E-state index is 12.1. The van der Waals surface area contributed by atoms with Gasteiger partial charge < -0.3 is 14.8 Å². The summed E-state index contributed by atoms with van der Waals surface area (Å²) in [6.45, 7) is 2.70. The number of nitrogens with zero attached hydrogens (tertiary/aromatic N) is 1. The van der Waals surface area contributed by atoms with E-state index < -0.39 is 11.9 Å². The lowest BCUT2D eigenvalue weighted by Gasteiger charge is -2.08. The first-order valence-corrected chi connectivity index (χ1v) is 7.96. The minimum atomic E-state index is -0.452. The lowest BCUT2D eigenvalue weighted by Crippen LogP contribution is -2.17. The molecule has 140 valence electrons. The quantitative estimate of drug-likeness (QED) is 0.352. The molecule has 2 rings (SSSR count). The molecule has 8 heteroatoms. The van der Waals surface area contributed by atoms with E-state index in [-0.39, 0.29) is 5.91 Å². The number of rotatable bonds is 6. The fourth-order valence-corrected chi connectivity index (χ4v) is 2.14. The lowest BCUT2D eigenvalue weighted by molar-refractivity contribution is -0.132. The molecule has 2 N–H and O–H groups in total. The minimum Gasteiger partial charge on any atom is -0.493 e. The Balaban J connectivity index is 2.00. The summed E-state index contributed by atoms with van der Waals surface area (Å²) < 4.78 is 10.2. The predicted molar refractivity (Wildman–Crippen MR) is 100 cm³/mol. The molecule has 8 nitrogen and oxygen atoms in total. The van der Waals surface area contributed by atoms with E-state index in [2.05, 4.69) is 15.8 Å². The van der Waals surface area contributed by atoms with Crippen molar-refractivity contribution in [2.24, 2.45) is 5.10 Å². The van der Waals surface area contributed by atoms with Gasteiger partial charge in [0.15, 0.2) is 11.5 Å². The molecular formula is C19H19N3O5. The minimum absolute atomic E-state index is 0.188. The Kier molecular flexibility index (Phi) is 6.65. The predicted octanol–water partition coefficient (Wildman–Crippen LogP) is 2.34. The molecule has 0 radical (unpaired) electrons. The van der Waals surface area contributed by atoms with E-state index in [1.807, 2.05) is 0 Å². The fourth-order valence-electron chi connectivity index (χ4n) is 2.14. The molecule has 0 bridgehead atoms. The molecule has 0 aliphatic heterocycles. The van der Waals surface area contributed by atoms with Crippen LogP contribution in [0.15, 0.2) is 47.6 Å². The number of esters is 1. The van der Waals surface area contributed by atoms with Gasteiger partial charge in [-0.15, -0.1) is 0 Å². The molecule has 0 spiro atoms. The van der Waals surface area contributed by atoms with Crippen molar-refractivity contribution in [2.45, 2.75) is 13.8 Å². The number of benzene rings is 2. The van der Waals surface area contributed by atoms with Crippen LogP contribution in [0.5, 0.6) is 11.5 Å². The maximum atomic E-state index is 12.1. The number of hydrazone groups is 1. The largest absolute Gasteiger partial charge is 0.493 e. The van der Waals surface area contributed by atoms with E-state index in [4.69, 9.17) is 9.47 Å². The van der Waals surface area contributed by atoms with Gasteiger partial charge >= 0.3 is 5.97 Å². The number of carbonyl (C=O) groups is 3. The van der Waals surface area contributed by atoms with Gasteiger partial charge in [-0.1, -0.05) is 0 Å². The zero-order chi connectivity index (χ0) is 19.8. The Morgan fingerprint density at radius 3 is 2.30 bits per heavy atom. The average Bonchev–Trinajstić information content (AvgIpc) is 2.62. The van der Waals surface area contributed by atoms with E-state index in [9.17, 15) is 14.4 Å². The molecule has 0 heterocycles. The smallest absolute Gasteiger partial charge is 0.308 e. The van der Waals surface area contributed by atoms with Crippen LogP contribution in [0.25, 0.3) is 0 Å². The summed E-state index contributed by atoms with van der Waals surface area (Å²) in [6.07, 6.45) is 1.43. The van der Waals surface area contributed by atoms with Gasteiger partial charge in [0.2, 0.25) is 5.91 Å². The number of nitrogens with one attached hydrogen (secondary N) is 2. The fraction of sp³-hybridized carbons (Fsp3) is 0.158. The summed E-state index contributed by atoms with van der Waals surface area (Å²) >= 11 is 0. The van der Waals surface area contributed by atoms with Gasteiger partial charge in [-0.2, -0.15) is 5.10 Å². The summed E-state index contributed by atoms with van der Waals surface area (Å²) in [5, 5.41) is 6.52. The zero-order valence-electron chi connectivity index (χ0n) is 15.1. The molecule has 0 unspecified atom stereocenters. The zero-order valence-corrected chi connectivity index (χ0v) is 15.1. The number of amides is 2. The molecule has 0 saturated heterocycles. The van der Waals surface area contributed by atoms with Crippen LogP contribution in [0.4, 0.5) is 5.69 Å². The first kappa shape index (κ1) is 19.6. The van der Waals surface area contributed by atoms with Gasteiger partial charge in [0, 0.05) is 25.1 Å². The molecule has 2 aromatic rings. The second kappa shape index (κ2) is 9.14. The Morgan fingerprint density at radius 1 is 1.00 bits per heavy atom. The number of anilines is 1. The van der Waals surface area contributed by atoms with Crippen LogP contribution in [-0.4, -0.2) is 31.1 Å². The highest BCUT2D eigenvalue weighted by molar-refractivity contribution is 5.96. The molecule has 0 aromatic heterocycles. The Hall–Kier alpha value is -3.68. The Labute approximate surface area is 156 Å². The summed E-state index contributed by atoms with van der Waals surface area (Å²) in [5.41, 5.74) is 4.04. The number of methoxy groups -OCH3 is 1. The van der Waals surface area contributed by atoms with Crippen LogP contribution in [0, 0.1) is 0 Å². The molecule has 27 heavy (non-hydrogen) atoms. The number of hydrogen-bond donors (Lipinski definition) is 2. The second-order valence-electron chi connectivity index (χ2n) is 5.46. The van der Waals surface area contributed by atoms with E-state index in [0.29, 0.717) is 28.3 Å². The summed E-state index contributed by atoms with van der Waals surface area (Å²) in [7, 11) is 1.45. The van der Waals surface area contributed by atoms with Crippen LogP contribution in [0.2, 0.25) is 0 Å². The average molecular weight is 369 g/mol.